The SMILES string of the molecule is O=C(NCc1c(F)cc(F)cc1F)c1cn2c(c(O)c1=O)C(=O)N1C[C@H]2CCc2cc(F)c(F)cc21. The number of nitrogens with one attached hydrogen (secondary N) is 1. The van der Waals surface area contributed by atoms with Gasteiger partial charge in [0.15, 0.2) is 23.1 Å². The molecule has 36 heavy (non-hydrogen) atoms. The van der Waals surface area contributed by atoms with Gasteiger partial charge >= 0.3 is 0 Å². The summed E-state index contributed by atoms with van der Waals surface area (Å²) in [5, 5.41) is 12.7. The van der Waals surface area contributed by atoms with Crippen molar-refractivity contribution in [2.75, 3.05) is 11.4 Å². The molecule has 2 bridgehead atoms. The maximum absolute atomic E-state index is 13.9. The lowest BCUT2D eigenvalue weighted by Crippen LogP contribution is -2.44. The summed E-state index contributed by atoms with van der Waals surface area (Å²) >= 11 is 0. The van der Waals surface area contributed by atoms with Crippen molar-refractivity contribution in [3.63, 3.8) is 0 Å². The summed E-state index contributed by atoms with van der Waals surface area (Å²) in [5.41, 5.74) is -2.40. The third-order valence-corrected chi connectivity index (χ3v) is 6.38. The van der Waals surface area contributed by atoms with E-state index in [-0.39, 0.29) is 18.7 Å². The maximum Gasteiger partial charge on any atom is 0.279 e. The van der Waals surface area contributed by atoms with Gasteiger partial charge in [0, 0.05) is 43.0 Å². The van der Waals surface area contributed by atoms with Crippen molar-refractivity contribution in [3.05, 3.63) is 92.2 Å². The minimum absolute atomic E-state index is 0.000717. The number of aromatic nitrogens is 1. The summed E-state index contributed by atoms with van der Waals surface area (Å²) in [5.74, 6) is -8.85. The third-order valence-electron chi connectivity index (χ3n) is 6.38. The summed E-state index contributed by atoms with van der Waals surface area (Å²) in [7, 11) is 0. The summed E-state index contributed by atoms with van der Waals surface area (Å²) in [6, 6.07) is 2.17. The van der Waals surface area contributed by atoms with Gasteiger partial charge in [-0.2, -0.15) is 0 Å². The molecular formula is C24H16F5N3O4. The van der Waals surface area contributed by atoms with E-state index in [4.69, 9.17) is 0 Å². The molecule has 186 valence electrons. The second-order valence-electron chi connectivity index (χ2n) is 8.51. The van der Waals surface area contributed by atoms with Crippen LogP contribution in [0.1, 0.15) is 44.4 Å². The van der Waals surface area contributed by atoms with E-state index in [0.717, 1.165) is 23.2 Å². The van der Waals surface area contributed by atoms with E-state index in [2.05, 4.69) is 5.32 Å². The molecule has 2 amide bonds. The second kappa shape index (κ2) is 8.47. The minimum atomic E-state index is -1.24. The number of amides is 2. The number of rotatable bonds is 3. The molecule has 1 atom stereocenters. The van der Waals surface area contributed by atoms with Gasteiger partial charge in [0.2, 0.25) is 5.43 Å². The Bertz CT molecular complexity index is 1500. The van der Waals surface area contributed by atoms with Crippen molar-refractivity contribution in [1.82, 2.24) is 9.88 Å². The van der Waals surface area contributed by atoms with Crippen molar-refractivity contribution in [2.24, 2.45) is 0 Å². The van der Waals surface area contributed by atoms with Crippen molar-refractivity contribution in [2.45, 2.75) is 25.4 Å². The summed E-state index contributed by atoms with van der Waals surface area (Å²) in [6.45, 7) is -0.722. The van der Waals surface area contributed by atoms with E-state index in [9.17, 15) is 41.4 Å². The monoisotopic (exact) mass is 505 g/mol. The number of carbonyl (C=O) groups excluding carboxylic acids is 2. The molecule has 2 aliphatic heterocycles. The second-order valence-corrected chi connectivity index (χ2v) is 8.51. The van der Waals surface area contributed by atoms with E-state index in [1.807, 2.05) is 0 Å². The fourth-order valence-electron chi connectivity index (χ4n) is 4.58. The molecule has 0 saturated heterocycles. The Labute approximate surface area is 199 Å². The van der Waals surface area contributed by atoms with Crippen molar-refractivity contribution < 1.29 is 36.6 Å². The van der Waals surface area contributed by atoms with Gasteiger partial charge in [0.05, 0.1) is 11.7 Å². The number of benzene rings is 2. The highest BCUT2D eigenvalue weighted by atomic mass is 19.2. The van der Waals surface area contributed by atoms with E-state index >= 15 is 0 Å². The molecule has 0 unspecified atom stereocenters. The third kappa shape index (κ3) is 3.69. The number of hydrogen-bond acceptors (Lipinski definition) is 4. The molecule has 1 aromatic heterocycles. The van der Waals surface area contributed by atoms with E-state index in [1.165, 1.54) is 4.57 Å². The molecule has 0 aliphatic carbocycles. The average molecular weight is 505 g/mol. The van der Waals surface area contributed by atoms with Crippen molar-refractivity contribution in [1.29, 1.82) is 0 Å². The molecule has 2 aliphatic rings. The lowest BCUT2D eigenvalue weighted by atomic mass is 10.0. The van der Waals surface area contributed by atoms with Gasteiger partial charge in [0.25, 0.3) is 11.8 Å². The molecule has 0 saturated carbocycles. The van der Waals surface area contributed by atoms with Gasteiger partial charge in [-0.05, 0) is 24.5 Å². The molecule has 2 N–H and O–H groups in total. The quantitative estimate of drug-likeness (QED) is 0.535. The molecule has 2 aromatic carbocycles. The van der Waals surface area contributed by atoms with Crippen LogP contribution in [-0.2, 0) is 13.0 Å². The first-order valence-corrected chi connectivity index (χ1v) is 10.8. The van der Waals surface area contributed by atoms with Crippen LogP contribution in [0.4, 0.5) is 27.6 Å². The van der Waals surface area contributed by atoms with Gasteiger partial charge in [0.1, 0.15) is 23.0 Å². The van der Waals surface area contributed by atoms with Crippen LogP contribution in [0.2, 0.25) is 0 Å². The first-order chi connectivity index (χ1) is 17.1. The van der Waals surface area contributed by atoms with Crippen LogP contribution in [0.25, 0.3) is 0 Å². The largest absolute Gasteiger partial charge is 0.503 e. The number of carbonyl (C=O) groups is 2. The summed E-state index contributed by atoms with van der Waals surface area (Å²) in [4.78, 5) is 39.8. The van der Waals surface area contributed by atoms with Crippen molar-refractivity contribution >= 4 is 17.5 Å². The fraction of sp³-hybridized carbons (Fsp3) is 0.208. The molecular weight excluding hydrogens is 489 g/mol. The number of anilines is 1. The van der Waals surface area contributed by atoms with Crippen LogP contribution in [0, 0.1) is 29.1 Å². The molecule has 7 nitrogen and oxygen atoms in total. The Morgan fingerprint density at radius 3 is 2.36 bits per heavy atom. The van der Waals surface area contributed by atoms with Crippen LogP contribution in [-0.4, -0.2) is 28.0 Å². The minimum Gasteiger partial charge on any atom is -0.503 e. The van der Waals surface area contributed by atoms with Gasteiger partial charge < -0.3 is 19.9 Å². The Hall–Kier alpha value is -4.22. The zero-order chi connectivity index (χ0) is 25.9. The maximum atomic E-state index is 13.9. The molecule has 12 heteroatoms. The van der Waals surface area contributed by atoms with Crippen LogP contribution >= 0.6 is 0 Å². The Balaban J connectivity index is 1.51. The average Bonchev–Trinajstić information content (AvgIpc) is 2.97. The first-order valence-electron chi connectivity index (χ1n) is 10.8. The molecule has 0 spiro atoms. The predicted molar refractivity (Wildman–Crippen MR) is 115 cm³/mol. The Morgan fingerprint density at radius 1 is 1.00 bits per heavy atom. The first kappa shape index (κ1) is 23.5. The van der Waals surface area contributed by atoms with Gasteiger partial charge in [-0.15, -0.1) is 0 Å². The highest BCUT2D eigenvalue weighted by molar-refractivity contribution is 6.08. The van der Waals surface area contributed by atoms with E-state index in [0.29, 0.717) is 24.1 Å². The number of aryl methyl sites for hydroxylation is 1. The topological polar surface area (TPSA) is 91.6 Å². The number of nitrogens with zero attached hydrogens (tertiary/aromatic N) is 2. The smallest absolute Gasteiger partial charge is 0.279 e. The highest BCUT2D eigenvalue weighted by Gasteiger charge is 2.39. The molecule has 5 rings (SSSR count). The number of fused-ring (bicyclic) bond motifs is 6. The summed E-state index contributed by atoms with van der Waals surface area (Å²) < 4.78 is 69.8. The van der Waals surface area contributed by atoms with E-state index in [1.54, 1.807) is 0 Å². The number of hydrogen-bond donors (Lipinski definition) is 2. The lowest BCUT2D eigenvalue weighted by Gasteiger charge is -2.35. The molecule has 0 radical (unpaired) electrons. The van der Waals surface area contributed by atoms with Crippen molar-refractivity contribution in [3.8, 4) is 5.75 Å². The lowest BCUT2D eigenvalue weighted by molar-refractivity contribution is 0.0929. The van der Waals surface area contributed by atoms with Crippen LogP contribution in [0.5, 0.6) is 5.75 Å². The standard InChI is InChI=1S/C24H16F5N3O4/c25-11-4-15(26)13(16(27)5-11)7-30-23(35)14-9-31-12-2-1-10-3-17(28)18(29)6-19(10)32(8-12)24(36)20(31)22(34)21(14)33/h3-6,9,12,34H,1-2,7-8H2,(H,30,35)/t12-/m1/s1. The molecule has 0 fully saturated rings. The van der Waals surface area contributed by atoms with E-state index < -0.39 is 81.5 Å². The predicted octanol–water partition coefficient (Wildman–Crippen LogP) is 3.33. The number of halogens is 5. The Morgan fingerprint density at radius 2 is 1.67 bits per heavy atom. The highest BCUT2D eigenvalue weighted by Crippen LogP contribution is 2.38. The fourth-order valence-corrected chi connectivity index (χ4v) is 4.58. The van der Waals surface area contributed by atoms with Gasteiger partial charge in [-0.1, -0.05) is 0 Å². The zero-order valence-electron chi connectivity index (χ0n) is 18.2. The van der Waals surface area contributed by atoms with Gasteiger partial charge in [-0.3, -0.25) is 14.4 Å². The number of aromatic hydroxyl groups is 1. The van der Waals surface area contributed by atoms with Crippen LogP contribution in [0.15, 0.2) is 35.3 Å². The normalized spacial score (nSPS) is 16.3. The number of pyridine rings is 1. The van der Waals surface area contributed by atoms with Crippen LogP contribution < -0.4 is 15.6 Å². The molecule has 3 heterocycles. The molecule has 3 aromatic rings. The van der Waals surface area contributed by atoms with Crippen LogP contribution in [0.3, 0.4) is 0 Å². The van der Waals surface area contributed by atoms with Gasteiger partial charge in [-0.25, -0.2) is 22.0 Å². The zero-order valence-corrected chi connectivity index (χ0v) is 18.2. The Kier molecular flexibility index (Phi) is 5.53. The summed E-state index contributed by atoms with van der Waals surface area (Å²) in [6.07, 6.45) is 1.59.